The van der Waals surface area contributed by atoms with Crippen molar-refractivity contribution in [3.05, 3.63) is 29.8 Å². The summed E-state index contributed by atoms with van der Waals surface area (Å²) in [5, 5.41) is 9.57. The van der Waals surface area contributed by atoms with Gasteiger partial charge in [0.1, 0.15) is 17.6 Å². The van der Waals surface area contributed by atoms with Gasteiger partial charge in [-0.25, -0.2) is 4.79 Å². The fourth-order valence-electron chi connectivity index (χ4n) is 2.77. The number of hydrogen-bond donors (Lipinski definition) is 1. The molecule has 1 N–H and O–H groups in total. The van der Waals surface area contributed by atoms with E-state index >= 15 is 0 Å². The molecule has 1 saturated heterocycles. The fourth-order valence-corrected chi connectivity index (χ4v) is 2.77. The summed E-state index contributed by atoms with van der Waals surface area (Å²) in [7, 11) is 0. The van der Waals surface area contributed by atoms with Crippen LogP contribution in [0.1, 0.15) is 38.7 Å². The van der Waals surface area contributed by atoms with Crippen molar-refractivity contribution in [3.63, 3.8) is 0 Å². The molecule has 2 atom stereocenters. The van der Waals surface area contributed by atoms with Crippen molar-refractivity contribution in [2.24, 2.45) is 5.92 Å². The number of rotatable bonds is 3. The zero-order valence-electron chi connectivity index (χ0n) is 13.3. The van der Waals surface area contributed by atoms with Crippen LogP contribution in [-0.2, 0) is 9.53 Å². The SMILES string of the molecule is CC(C)(C)OC(=O)N1CCC(C(C=O)c2cccc(O)c2)C1. The first-order chi connectivity index (χ1) is 10.3. The predicted octanol–water partition coefficient (Wildman–Crippen LogP) is 2.93. The van der Waals surface area contributed by atoms with Crippen LogP contribution in [-0.4, -0.2) is 41.1 Å². The Morgan fingerprint density at radius 1 is 1.45 bits per heavy atom. The van der Waals surface area contributed by atoms with Gasteiger partial charge < -0.3 is 19.5 Å². The third-order valence-electron chi connectivity index (χ3n) is 3.79. The Morgan fingerprint density at radius 2 is 2.18 bits per heavy atom. The van der Waals surface area contributed by atoms with Gasteiger partial charge in [0.15, 0.2) is 0 Å². The molecule has 1 heterocycles. The second-order valence-electron chi connectivity index (χ2n) is 6.73. The van der Waals surface area contributed by atoms with Crippen molar-refractivity contribution in [2.45, 2.75) is 38.7 Å². The normalized spacial score (nSPS) is 19.8. The number of aldehydes is 1. The second-order valence-corrected chi connectivity index (χ2v) is 6.73. The minimum Gasteiger partial charge on any atom is -0.508 e. The van der Waals surface area contributed by atoms with Crippen molar-refractivity contribution in [3.8, 4) is 5.75 Å². The van der Waals surface area contributed by atoms with Gasteiger partial charge in [0.05, 0.1) is 0 Å². The smallest absolute Gasteiger partial charge is 0.410 e. The summed E-state index contributed by atoms with van der Waals surface area (Å²) >= 11 is 0. The van der Waals surface area contributed by atoms with Gasteiger partial charge in [0, 0.05) is 19.0 Å². The highest BCUT2D eigenvalue weighted by molar-refractivity contribution is 5.69. The molecule has 0 spiro atoms. The molecule has 0 aliphatic carbocycles. The molecule has 0 saturated carbocycles. The highest BCUT2D eigenvalue weighted by atomic mass is 16.6. The minimum absolute atomic E-state index is 0.0480. The van der Waals surface area contributed by atoms with Crippen molar-refractivity contribution < 1.29 is 19.4 Å². The van der Waals surface area contributed by atoms with Gasteiger partial charge >= 0.3 is 6.09 Å². The van der Waals surface area contributed by atoms with E-state index in [1.807, 2.05) is 26.8 Å². The standard InChI is InChI=1S/C17H23NO4/c1-17(2,3)22-16(21)18-8-7-13(10-18)15(11-19)12-5-4-6-14(20)9-12/h4-6,9,11,13,15,20H,7-8,10H2,1-3H3. The largest absolute Gasteiger partial charge is 0.508 e. The van der Waals surface area contributed by atoms with E-state index < -0.39 is 5.60 Å². The van der Waals surface area contributed by atoms with Gasteiger partial charge in [-0.3, -0.25) is 0 Å². The summed E-state index contributed by atoms with van der Waals surface area (Å²) in [5.74, 6) is -0.127. The van der Waals surface area contributed by atoms with Gasteiger partial charge in [-0.2, -0.15) is 0 Å². The Kier molecular flexibility index (Phi) is 4.74. The summed E-state index contributed by atoms with van der Waals surface area (Å²) in [6.07, 6.45) is 1.31. The highest BCUT2D eigenvalue weighted by Crippen LogP contribution is 2.32. The van der Waals surface area contributed by atoms with Crippen molar-refractivity contribution in [1.29, 1.82) is 0 Å². The molecule has 0 aromatic heterocycles. The Balaban J connectivity index is 2.05. The number of likely N-dealkylation sites (tertiary alicyclic amines) is 1. The summed E-state index contributed by atoms with van der Waals surface area (Å²) in [6.45, 7) is 6.58. The Morgan fingerprint density at radius 3 is 2.77 bits per heavy atom. The van der Waals surface area contributed by atoms with Gasteiger partial charge in [-0.05, 0) is 50.8 Å². The van der Waals surface area contributed by atoms with E-state index in [0.29, 0.717) is 13.1 Å². The highest BCUT2D eigenvalue weighted by Gasteiger charge is 2.34. The third kappa shape index (κ3) is 4.00. The Bertz CT molecular complexity index is 550. The summed E-state index contributed by atoms with van der Waals surface area (Å²) < 4.78 is 5.37. The molecule has 5 heteroatoms. The van der Waals surface area contributed by atoms with Crippen molar-refractivity contribution in [2.75, 3.05) is 13.1 Å². The van der Waals surface area contributed by atoms with Crippen molar-refractivity contribution >= 4 is 12.4 Å². The number of aromatic hydroxyl groups is 1. The summed E-state index contributed by atoms with van der Waals surface area (Å²) in [4.78, 5) is 25.2. The van der Waals surface area contributed by atoms with Gasteiger partial charge in [-0.15, -0.1) is 0 Å². The molecule has 1 aromatic carbocycles. The molecule has 2 unspecified atom stereocenters. The molecular formula is C17H23NO4. The zero-order valence-corrected chi connectivity index (χ0v) is 13.3. The topological polar surface area (TPSA) is 66.8 Å². The fraction of sp³-hybridized carbons (Fsp3) is 0.529. The first kappa shape index (κ1) is 16.3. The first-order valence-electron chi connectivity index (χ1n) is 7.52. The zero-order chi connectivity index (χ0) is 16.3. The number of hydrogen-bond acceptors (Lipinski definition) is 4. The van der Waals surface area contributed by atoms with Crippen LogP contribution in [0.25, 0.3) is 0 Å². The van der Waals surface area contributed by atoms with Gasteiger partial charge in [0.25, 0.3) is 0 Å². The molecule has 2 rings (SSSR count). The molecule has 0 radical (unpaired) electrons. The van der Waals surface area contributed by atoms with Crippen LogP contribution in [0, 0.1) is 5.92 Å². The minimum atomic E-state index is -0.523. The summed E-state index contributed by atoms with van der Waals surface area (Å²) in [5.41, 5.74) is 0.260. The number of ether oxygens (including phenoxy) is 1. The average molecular weight is 305 g/mol. The van der Waals surface area contributed by atoms with E-state index in [9.17, 15) is 14.7 Å². The number of nitrogens with zero attached hydrogens (tertiary/aromatic N) is 1. The summed E-state index contributed by atoms with van der Waals surface area (Å²) in [6, 6.07) is 6.74. The van der Waals surface area contributed by atoms with E-state index in [0.717, 1.165) is 18.3 Å². The lowest BCUT2D eigenvalue weighted by Gasteiger charge is -2.25. The number of benzene rings is 1. The number of carbonyl (C=O) groups excluding carboxylic acids is 2. The molecule has 1 aromatic rings. The molecule has 1 aliphatic rings. The molecule has 1 aliphatic heterocycles. The van der Waals surface area contributed by atoms with E-state index in [4.69, 9.17) is 4.74 Å². The predicted molar refractivity (Wildman–Crippen MR) is 82.8 cm³/mol. The van der Waals surface area contributed by atoms with E-state index in [-0.39, 0.29) is 23.7 Å². The lowest BCUT2D eigenvalue weighted by molar-refractivity contribution is -0.110. The number of phenolic OH excluding ortho intramolecular Hbond substituents is 1. The maximum absolute atomic E-state index is 12.1. The lowest BCUT2D eigenvalue weighted by Crippen LogP contribution is -2.35. The van der Waals surface area contributed by atoms with E-state index in [1.54, 1.807) is 23.1 Å². The van der Waals surface area contributed by atoms with E-state index in [2.05, 4.69) is 0 Å². The Labute approximate surface area is 130 Å². The number of carbonyl (C=O) groups is 2. The molecule has 22 heavy (non-hydrogen) atoms. The molecule has 1 amide bonds. The Hall–Kier alpha value is -2.04. The molecule has 1 fully saturated rings. The van der Waals surface area contributed by atoms with Crippen LogP contribution >= 0.6 is 0 Å². The first-order valence-corrected chi connectivity index (χ1v) is 7.52. The van der Waals surface area contributed by atoms with Gasteiger partial charge in [-0.1, -0.05) is 12.1 Å². The monoisotopic (exact) mass is 305 g/mol. The molecule has 0 bridgehead atoms. The molecular weight excluding hydrogens is 282 g/mol. The second kappa shape index (κ2) is 6.38. The quantitative estimate of drug-likeness (QED) is 0.872. The maximum atomic E-state index is 12.1. The molecule has 5 nitrogen and oxygen atoms in total. The maximum Gasteiger partial charge on any atom is 0.410 e. The third-order valence-corrected chi connectivity index (χ3v) is 3.79. The van der Waals surface area contributed by atoms with Crippen molar-refractivity contribution in [1.82, 2.24) is 4.90 Å². The van der Waals surface area contributed by atoms with Crippen LogP contribution in [0.2, 0.25) is 0 Å². The molecule has 120 valence electrons. The van der Waals surface area contributed by atoms with E-state index in [1.165, 1.54) is 0 Å². The van der Waals surface area contributed by atoms with Crippen LogP contribution < -0.4 is 0 Å². The van der Waals surface area contributed by atoms with Crippen LogP contribution in [0.15, 0.2) is 24.3 Å². The van der Waals surface area contributed by atoms with Crippen LogP contribution in [0.5, 0.6) is 5.75 Å². The number of phenols is 1. The van der Waals surface area contributed by atoms with Gasteiger partial charge in [0.2, 0.25) is 0 Å². The number of amides is 1. The van der Waals surface area contributed by atoms with Crippen LogP contribution in [0.3, 0.4) is 0 Å². The van der Waals surface area contributed by atoms with Crippen LogP contribution in [0.4, 0.5) is 4.79 Å². The average Bonchev–Trinajstić information content (AvgIpc) is 2.87. The lowest BCUT2D eigenvalue weighted by atomic mass is 9.86.